The van der Waals surface area contributed by atoms with Crippen molar-refractivity contribution in [2.75, 3.05) is 20.1 Å². The summed E-state index contributed by atoms with van der Waals surface area (Å²) in [5.74, 6) is 0.613. The molecule has 2 atom stereocenters. The number of aromatic nitrogens is 2. The van der Waals surface area contributed by atoms with E-state index >= 15 is 0 Å². The van der Waals surface area contributed by atoms with Crippen LogP contribution in [0.25, 0.3) is 10.9 Å². The van der Waals surface area contributed by atoms with E-state index in [2.05, 4.69) is 42.2 Å². The lowest BCUT2D eigenvalue weighted by molar-refractivity contribution is 0.315. The first kappa shape index (κ1) is 12.6. The molecular weight excluding hydrogens is 236 g/mol. The number of nitrogens with two attached hydrogens (primary N) is 1. The third-order valence-corrected chi connectivity index (χ3v) is 4.41. The van der Waals surface area contributed by atoms with Crippen LogP contribution < -0.4 is 5.73 Å². The first-order chi connectivity index (χ1) is 9.11. The molecule has 0 bridgehead atoms. The van der Waals surface area contributed by atoms with Gasteiger partial charge in [0.15, 0.2) is 0 Å². The maximum absolute atomic E-state index is 5.84. The maximum atomic E-state index is 5.84. The average molecular weight is 258 g/mol. The van der Waals surface area contributed by atoms with Crippen molar-refractivity contribution in [1.29, 1.82) is 0 Å². The van der Waals surface area contributed by atoms with Gasteiger partial charge in [-0.15, -0.1) is 0 Å². The number of hydrogen-bond donors (Lipinski definition) is 1. The van der Waals surface area contributed by atoms with Crippen molar-refractivity contribution in [2.45, 2.75) is 19.4 Å². The Hall–Kier alpha value is -1.39. The van der Waals surface area contributed by atoms with Gasteiger partial charge in [0.25, 0.3) is 0 Å². The largest absolute Gasteiger partial charge is 0.330 e. The number of benzene rings is 1. The van der Waals surface area contributed by atoms with Crippen molar-refractivity contribution in [1.82, 2.24) is 14.7 Å². The molecule has 0 spiro atoms. The Balaban J connectivity index is 2.10. The Labute approximate surface area is 114 Å². The quantitative estimate of drug-likeness (QED) is 0.894. The molecule has 0 saturated carbocycles. The molecule has 1 aliphatic heterocycles. The molecule has 3 rings (SSSR count). The predicted molar refractivity (Wildman–Crippen MR) is 78.0 cm³/mol. The second kappa shape index (κ2) is 4.62. The molecule has 102 valence electrons. The fourth-order valence-corrected chi connectivity index (χ4v) is 3.47. The molecule has 0 radical (unpaired) electrons. The Bertz CT molecular complexity index is 601. The third kappa shape index (κ3) is 1.95. The smallest absolute Gasteiger partial charge is 0.0685 e. The minimum Gasteiger partial charge on any atom is -0.330 e. The topological polar surface area (TPSA) is 47.1 Å². The van der Waals surface area contributed by atoms with Crippen molar-refractivity contribution >= 4 is 10.9 Å². The number of hydrogen-bond acceptors (Lipinski definition) is 3. The summed E-state index contributed by atoms with van der Waals surface area (Å²) in [5.41, 5.74) is 9.59. The molecule has 2 aromatic rings. The van der Waals surface area contributed by atoms with Gasteiger partial charge >= 0.3 is 0 Å². The highest BCUT2D eigenvalue weighted by molar-refractivity contribution is 5.85. The van der Waals surface area contributed by atoms with E-state index in [9.17, 15) is 0 Å². The van der Waals surface area contributed by atoms with Gasteiger partial charge in [0.1, 0.15) is 0 Å². The summed E-state index contributed by atoms with van der Waals surface area (Å²) in [4.78, 5) is 2.43. The summed E-state index contributed by atoms with van der Waals surface area (Å²) in [6.45, 7) is 3.97. The molecule has 1 fully saturated rings. The van der Waals surface area contributed by atoms with Gasteiger partial charge in [-0.25, -0.2) is 0 Å². The van der Waals surface area contributed by atoms with Crippen LogP contribution in [0.5, 0.6) is 0 Å². The zero-order chi connectivity index (χ0) is 13.6. The first-order valence-corrected chi connectivity index (χ1v) is 6.94. The van der Waals surface area contributed by atoms with Crippen LogP contribution in [0.3, 0.4) is 0 Å². The monoisotopic (exact) mass is 258 g/mol. The second-order valence-corrected chi connectivity index (χ2v) is 5.74. The average Bonchev–Trinajstić information content (AvgIpc) is 2.91. The van der Waals surface area contributed by atoms with Gasteiger partial charge in [0, 0.05) is 25.0 Å². The van der Waals surface area contributed by atoms with Gasteiger partial charge in [-0.1, -0.05) is 12.1 Å². The van der Waals surface area contributed by atoms with Crippen LogP contribution in [0, 0.1) is 12.8 Å². The zero-order valence-corrected chi connectivity index (χ0v) is 11.9. The molecule has 0 amide bonds. The fourth-order valence-electron chi connectivity index (χ4n) is 3.47. The Kier molecular flexibility index (Phi) is 3.07. The summed E-state index contributed by atoms with van der Waals surface area (Å²) in [5, 5.41) is 5.88. The van der Waals surface area contributed by atoms with Crippen LogP contribution >= 0.6 is 0 Å². The van der Waals surface area contributed by atoms with Crippen LogP contribution in [-0.4, -0.2) is 34.8 Å². The molecule has 2 unspecified atom stereocenters. The molecule has 2 N–H and O–H groups in total. The Morgan fingerprint density at radius 1 is 1.37 bits per heavy atom. The van der Waals surface area contributed by atoms with Crippen molar-refractivity contribution in [3.05, 3.63) is 29.5 Å². The number of aryl methyl sites for hydroxylation is 2. The molecular formula is C15H22N4. The second-order valence-electron chi connectivity index (χ2n) is 5.74. The van der Waals surface area contributed by atoms with Crippen molar-refractivity contribution in [3.63, 3.8) is 0 Å². The van der Waals surface area contributed by atoms with Crippen LogP contribution in [0.1, 0.15) is 23.7 Å². The molecule has 1 aliphatic rings. The van der Waals surface area contributed by atoms with E-state index < -0.39 is 0 Å². The Morgan fingerprint density at radius 3 is 2.84 bits per heavy atom. The maximum Gasteiger partial charge on any atom is 0.0685 e. The normalized spacial score (nSPS) is 24.4. The Morgan fingerprint density at radius 2 is 2.16 bits per heavy atom. The lowest BCUT2D eigenvalue weighted by Gasteiger charge is -2.20. The van der Waals surface area contributed by atoms with E-state index in [0.717, 1.165) is 25.2 Å². The molecule has 1 aromatic heterocycles. The zero-order valence-electron chi connectivity index (χ0n) is 11.9. The highest BCUT2D eigenvalue weighted by atomic mass is 15.3. The molecule has 1 saturated heterocycles. The predicted octanol–water partition coefficient (Wildman–Crippen LogP) is 1.83. The van der Waals surface area contributed by atoms with Crippen molar-refractivity contribution in [2.24, 2.45) is 18.7 Å². The molecule has 4 nitrogen and oxygen atoms in total. The molecule has 19 heavy (non-hydrogen) atoms. The highest BCUT2D eigenvalue weighted by Gasteiger charge is 2.31. The summed E-state index contributed by atoms with van der Waals surface area (Å²) in [6, 6.07) is 7.01. The van der Waals surface area contributed by atoms with Crippen LogP contribution in [0.15, 0.2) is 18.2 Å². The SMILES string of the molecule is Cc1nn(C)c2cccc(C3CC(CN)CN3C)c12. The van der Waals surface area contributed by atoms with Crippen molar-refractivity contribution < 1.29 is 0 Å². The summed E-state index contributed by atoms with van der Waals surface area (Å²) in [7, 11) is 4.21. The number of likely N-dealkylation sites (tertiary alicyclic amines) is 1. The van der Waals surface area contributed by atoms with Gasteiger partial charge in [-0.05, 0) is 44.5 Å². The highest BCUT2D eigenvalue weighted by Crippen LogP contribution is 2.37. The lowest BCUT2D eigenvalue weighted by atomic mass is 9.96. The van der Waals surface area contributed by atoms with Gasteiger partial charge in [-0.2, -0.15) is 5.10 Å². The van der Waals surface area contributed by atoms with Gasteiger partial charge in [0.05, 0.1) is 11.2 Å². The summed E-state index contributed by atoms with van der Waals surface area (Å²) < 4.78 is 1.98. The minimum absolute atomic E-state index is 0.472. The van der Waals surface area contributed by atoms with E-state index in [1.807, 2.05) is 11.7 Å². The molecule has 0 aliphatic carbocycles. The molecule has 2 heterocycles. The van der Waals surface area contributed by atoms with E-state index in [-0.39, 0.29) is 0 Å². The number of fused-ring (bicyclic) bond motifs is 1. The first-order valence-electron chi connectivity index (χ1n) is 6.94. The van der Waals surface area contributed by atoms with Crippen LogP contribution in [-0.2, 0) is 7.05 Å². The van der Waals surface area contributed by atoms with E-state index in [0.29, 0.717) is 12.0 Å². The van der Waals surface area contributed by atoms with E-state index in [4.69, 9.17) is 5.73 Å². The molecule has 4 heteroatoms. The van der Waals surface area contributed by atoms with E-state index in [1.165, 1.54) is 16.5 Å². The van der Waals surface area contributed by atoms with Crippen LogP contribution in [0.4, 0.5) is 0 Å². The third-order valence-electron chi connectivity index (χ3n) is 4.41. The number of nitrogens with zero attached hydrogens (tertiary/aromatic N) is 3. The van der Waals surface area contributed by atoms with Gasteiger partial charge in [0.2, 0.25) is 0 Å². The summed E-state index contributed by atoms with van der Waals surface area (Å²) >= 11 is 0. The minimum atomic E-state index is 0.472. The standard InChI is InChI=1S/C15H22N4/c1-10-15-12(5-4-6-13(15)19(3)17-10)14-7-11(8-16)9-18(14)2/h4-6,11,14H,7-9,16H2,1-3H3. The summed E-state index contributed by atoms with van der Waals surface area (Å²) in [6.07, 6.45) is 1.15. The fraction of sp³-hybridized carbons (Fsp3) is 0.533. The van der Waals surface area contributed by atoms with E-state index in [1.54, 1.807) is 0 Å². The molecule has 1 aromatic carbocycles. The van der Waals surface area contributed by atoms with Crippen LogP contribution in [0.2, 0.25) is 0 Å². The van der Waals surface area contributed by atoms with Gasteiger partial charge < -0.3 is 5.73 Å². The lowest BCUT2D eigenvalue weighted by Crippen LogP contribution is -2.20. The number of rotatable bonds is 2. The van der Waals surface area contributed by atoms with Gasteiger partial charge in [-0.3, -0.25) is 9.58 Å². The van der Waals surface area contributed by atoms with Crippen molar-refractivity contribution in [3.8, 4) is 0 Å².